The van der Waals surface area contributed by atoms with E-state index in [1.54, 1.807) is 18.2 Å². The topological polar surface area (TPSA) is 65.1 Å². The van der Waals surface area contributed by atoms with E-state index in [4.69, 9.17) is 5.73 Å². The van der Waals surface area contributed by atoms with Gasteiger partial charge in [-0.2, -0.15) is 0 Å². The Labute approximate surface area is 202 Å². The van der Waals surface area contributed by atoms with Gasteiger partial charge in [-0.05, 0) is 54.1 Å². The largest absolute Gasteiger partial charge is 0.398 e. The number of nitrogens with zero attached hydrogens (tertiary/aromatic N) is 1. The Hall–Kier alpha value is -4.35. The van der Waals surface area contributed by atoms with Crippen LogP contribution >= 0.6 is 0 Å². The lowest BCUT2D eigenvalue weighted by Crippen LogP contribution is -1.97. The van der Waals surface area contributed by atoms with Gasteiger partial charge in [-0.1, -0.05) is 60.7 Å². The highest BCUT2D eigenvalue weighted by atomic mass is 32.2. The molecule has 0 aliphatic carbocycles. The molecule has 0 spiro atoms. The number of hydrogen-bond acceptors (Lipinski definition) is 3. The third-order valence-corrected chi connectivity index (χ3v) is 8.78. The summed E-state index contributed by atoms with van der Waals surface area (Å²) >= 11 is 0. The van der Waals surface area contributed by atoms with Crippen molar-refractivity contribution in [3.63, 3.8) is 0 Å². The lowest BCUT2D eigenvalue weighted by Gasteiger charge is -2.11. The van der Waals surface area contributed by atoms with Crippen molar-refractivity contribution in [3.05, 3.63) is 109 Å². The van der Waals surface area contributed by atoms with Crippen LogP contribution in [-0.4, -0.2) is 13.0 Å². The van der Waals surface area contributed by atoms with Gasteiger partial charge in [-0.25, -0.2) is 8.42 Å². The third-order valence-electron chi connectivity index (χ3n) is 6.91. The summed E-state index contributed by atoms with van der Waals surface area (Å²) in [4.78, 5) is 0.712. The molecule has 0 bridgehead atoms. The summed E-state index contributed by atoms with van der Waals surface area (Å²) in [5, 5.41) is 2.24. The zero-order valence-corrected chi connectivity index (χ0v) is 19.5. The zero-order chi connectivity index (χ0) is 23.7. The predicted molar refractivity (Wildman–Crippen MR) is 142 cm³/mol. The fourth-order valence-electron chi connectivity index (χ4n) is 5.32. The molecule has 1 aromatic heterocycles. The van der Waals surface area contributed by atoms with Crippen LogP contribution in [0.1, 0.15) is 0 Å². The van der Waals surface area contributed by atoms with Crippen molar-refractivity contribution < 1.29 is 8.42 Å². The van der Waals surface area contributed by atoms with E-state index >= 15 is 0 Å². The van der Waals surface area contributed by atoms with Gasteiger partial charge in [0.15, 0.2) is 0 Å². The van der Waals surface area contributed by atoms with Crippen molar-refractivity contribution in [3.8, 4) is 27.9 Å². The quantitative estimate of drug-likeness (QED) is 0.280. The summed E-state index contributed by atoms with van der Waals surface area (Å²) in [7, 11) is -3.50. The van der Waals surface area contributed by atoms with Crippen LogP contribution < -0.4 is 5.73 Å². The van der Waals surface area contributed by atoms with Gasteiger partial charge >= 0.3 is 0 Å². The maximum atomic E-state index is 13.0. The maximum Gasteiger partial charge on any atom is 0.207 e. The normalized spacial score (nSPS) is 13.7. The summed E-state index contributed by atoms with van der Waals surface area (Å²) in [5.41, 5.74) is 13.8. The molecule has 0 atom stereocenters. The van der Waals surface area contributed by atoms with Gasteiger partial charge < -0.3 is 10.3 Å². The molecule has 0 saturated carbocycles. The van der Waals surface area contributed by atoms with Crippen LogP contribution in [0, 0.1) is 0 Å². The van der Waals surface area contributed by atoms with Crippen LogP contribution in [0.15, 0.2) is 119 Å². The van der Waals surface area contributed by atoms with Crippen LogP contribution in [0.3, 0.4) is 0 Å². The summed E-state index contributed by atoms with van der Waals surface area (Å²) in [6.07, 6.45) is 0. The van der Waals surface area contributed by atoms with Gasteiger partial charge in [-0.3, -0.25) is 0 Å². The van der Waals surface area contributed by atoms with Gasteiger partial charge in [0.05, 0.1) is 20.8 Å². The van der Waals surface area contributed by atoms with Crippen LogP contribution in [0.4, 0.5) is 5.69 Å². The Morgan fingerprint density at radius 3 is 2.14 bits per heavy atom. The second-order valence-corrected chi connectivity index (χ2v) is 10.7. The molecular weight excluding hydrogens is 452 g/mol. The predicted octanol–water partition coefficient (Wildman–Crippen LogP) is 6.85. The van der Waals surface area contributed by atoms with Gasteiger partial charge in [0.25, 0.3) is 0 Å². The number of para-hydroxylation sites is 2. The first kappa shape index (κ1) is 20.1. The third kappa shape index (κ3) is 2.76. The highest BCUT2D eigenvalue weighted by Gasteiger charge is 2.32. The van der Waals surface area contributed by atoms with Crippen molar-refractivity contribution in [2.24, 2.45) is 0 Å². The van der Waals surface area contributed by atoms with Crippen LogP contribution in [-0.2, 0) is 9.84 Å². The van der Waals surface area contributed by atoms with Crippen molar-refractivity contribution in [2.45, 2.75) is 9.79 Å². The minimum absolute atomic E-state index is 0.350. The first-order valence-electron chi connectivity index (χ1n) is 11.4. The molecule has 2 heterocycles. The monoisotopic (exact) mass is 472 g/mol. The number of aromatic nitrogens is 1. The van der Waals surface area contributed by atoms with E-state index in [9.17, 15) is 8.42 Å². The Morgan fingerprint density at radius 2 is 1.29 bits per heavy atom. The van der Waals surface area contributed by atoms with E-state index in [0.717, 1.165) is 49.7 Å². The van der Waals surface area contributed by atoms with Gasteiger partial charge in [0, 0.05) is 38.8 Å². The Bertz CT molecular complexity index is 1920. The van der Waals surface area contributed by atoms with E-state index in [2.05, 4.69) is 34.9 Å². The number of nitrogen functional groups attached to an aromatic ring is 1. The second kappa shape index (κ2) is 7.08. The molecule has 5 aromatic carbocycles. The van der Waals surface area contributed by atoms with Gasteiger partial charge in [0.2, 0.25) is 9.84 Å². The first-order valence-corrected chi connectivity index (χ1v) is 12.9. The lowest BCUT2D eigenvalue weighted by molar-refractivity contribution is 0.598. The Balaban J connectivity index is 1.50. The molecule has 0 radical (unpaired) electrons. The van der Waals surface area contributed by atoms with E-state index in [1.807, 2.05) is 60.7 Å². The number of fused-ring (bicyclic) bond motifs is 6. The molecule has 168 valence electrons. The maximum absolute atomic E-state index is 13.0. The zero-order valence-electron chi connectivity index (χ0n) is 18.6. The molecule has 0 fully saturated rings. The average molecular weight is 473 g/mol. The van der Waals surface area contributed by atoms with E-state index in [-0.39, 0.29) is 0 Å². The number of nitrogens with two attached hydrogens (primary N) is 1. The molecule has 35 heavy (non-hydrogen) atoms. The minimum Gasteiger partial charge on any atom is -0.398 e. The van der Waals surface area contributed by atoms with E-state index < -0.39 is 9.84 Å². The molecular formula is C30H20N2O2S. The lowest BCUT2D eigenvalue weighted by atomic mass is 9.97. The van der Waals surface area contributed by atoms with Crippen molar-refractivity contribution in [1.29, 1.82) is 0 Å². The summed E-state index contributed by atoms with van der Waals surface area (Å²) in [5.74, 6) is 0. The number of rotatable bonds is 2. The molecule has 7 rings (SSSR count). The minimum atomic E-state index is -3.50. The van der Waals surface area contributed by atoms with Crippen molar-refractivity contribution in [2.75, 3.05) is 5.73 Å². The summed E-state index contributed by atoms with van der Waals surface area (Å²) in [6.45, 7) is 0. The van der Waals surface area contributed by atoms with Crippen LogP contribution in [0.5, 0.6) is 0 Å². The van der Waals surface area contributed by atoms with Crippen molar-refractivity contribution >= 4 is 37.3 Å². The van der Waals surface area contributed by atoms with Crippen molar-refractivity contribution in [1.82, 2.24) is 4.57 Å². The molecule has 1 aliphatic heterocycles. The smallest absolute Gasteiger partial charge is 0.207 e. The molecule has 6 aromatic rings. The summed E-state index contributed by atoms with van der Waals surface area (Å²) in [6, 6.07) is 35.4. The van der Waals surface area contributed by atoms with Gasteiger partial charge in [-0.15, -0.1) is 0 Å². The number of benzene rings is 5. The number of anilines is 1. The molecule has 0 saturated heterocycles. The van der Waals surface area contributed by atoms with E-state index in [0.29, 0.717) is 15.5 Å². The molecule has 0 amide bonds. The highest BCUT2D eigenvalue weighted by molar-refractivity contribution is 7.92. The van der Waals surface area contributed by atoms with E-state index in [1.165, 1.54) is 0 Å². The first-order chi connectivity index (χ1) is 17.0. The molecule has 0 unspecified atom stereocenters. The SMILES string of the molecule is Nc1cc2c(cc1-c1ccc3c(c1)-c1ccccc1S3(=O)=O)c1ccccc1n2-c1ccccc1. The number of sulfone groups is 1. The molecule has 2 N–H and O–H groups in total. The molecule has 5 heteroatoms. The van der Waals surface area contributed by atoms with Gasteiger partial charge in [0.1, 0.15) is 0 Å². The second-order valence-electron chi connectivity index (χ2n) is 8.86. The van der Waals surface area contributed by atoms with Crippen LogP contribution in [0.2, 0.25) is 0 Å². The number of hydrogen-bond donors (Lipinski definition) is 1. The highest BCUT2D eigenvalue weighted by Crippen LogP contribution is 2.45. The molecule has 1 aliphatic rings. The van der Waals surface area contributed by atoms with Crippen LogP contribution in [0.25, 0.3) is 49.7 Å². The Kier molecular flexibility index (Phi) is 4.06. The average Bonchev–Trinajstić information content (AvgIpc) is 3.32. The molecule has 4 nitrogen and oxygen atoms in total. The standard InChI is InChI=1S/C30H20N2O2S/c31-26-18-28-24(21-10-4-6-12-27(21)32(28)20-8-2-1-3-9-20)17-23(26)19-14-15-30-25(16-19)22-11-5-7-13-29(22)35(30,33)34/h1-18H,31H2. The summed E-state index contributed by atoms with van der Waals surface area (Å²) < 4.78 is 28.3. The fourth-order valence-corrected chi connectivity index (χ4v) is 6.99. The fraction of sp³-hybridized carbons (Fsp3) is 0. The Morgan fingerprint density at radius 1 is 0.571 bits per heavy atom.